The molecule has 1 aliphatic heterocycles. The summed E-state index contributed by atoms with van der Waals surface area (Å²) in [4.78, 5) is 4.82. The summed E-state index contributed by atoms with van der Waals surface area (Å²) < 4.78 is 5.82. The third-order valence-corrected chi connectivity index (χ3v) is 3.83. The maximum Gasteiger partial charge on any atom is 0.120 e. The molecule has 1 heterocycles. The topological polar surface area (TPSA) is 21.6 Å². The second kappa shape index (κ2) is 6.82. The van der Waals surface area contributed by atoms with Crippen molar-refractivity contribution in [2.24, 2.45) is 4.99 Å². The van der Waals surface area contributed by atoms with Crippen LogP contribution >= 0.6 is 0 Å². The first-order chi connectivity index (χ1) is 11.1. The molecule has 0 saturated heterocycles. The van der Waals surface area contributed by atoms with Crippen LogP contribution in [0.3, 0.4) is 0 Å². The Morgan fingerprint density at radius 3 is 2.61 bits per heavy atom. The largest absolute Gasteiger partial charge is 0.491 e. The molecule has 118 valence electrons. The van der Waals surface area contributed by atoms with Gasteiger partial charge in [-0.15, -0.1) is 0 Å². The van der Waals surface area contributed by atoms with Gasteiger partial charge >= 0.3 is 0 Å². The molecular weight excluding hydrogens is 282 g/mol. The van der Waals surface area contributed by atoms with E-state index in [2.05, 4.69) is 69.3 Å². The van der Waals surface area contributed by atoms with Crippen LogP contribution in [0.15, 0.2) is 59.6 Å². The van der Waals surface area contributed by atoms with Crippen LogP contribution in [0.25, 0.3) is 6.08 Å². The Labute approximate surface area is 138 Å². The van der Waals surface area contributed by atoms with Gasteiger partial charge < -0.3 is 4.74 Å². The Balaban J connectivity index is 1.89. The predicted octanol–water partition coefficient (Wildman–Crippen LogP) is 4.92. The fourth-order valence-electron chi connectivity index (χ4n) is 2.88. The number of allylic oxidation sites excluding steroid dienone is 1. The van der Waals surface area contributed by atoms with Gasteiger partial charge in [-0.3, -0.25) is 4.99 Å². The highest BCUT2D eigenvalue weighted by atomic mass is 16.5. The number of rotatable bonds is 4. The molecule has 0 saturated carbocycles. The highest BCUT2D eigenvalue weighted by Crippen LogP contribution is 2.26. The van der Waals surface area contributed by atoms with E-state index in [0.717, 1.165) is 17.9 Å². The molecule has 0 spiro atoms. The summed E-state index contributed by atoms with van der Waals surface area (Å²) in [6.45, 7) is 6.27. The van der Waals surface area contributed by atoms with E-state index in [9.17, 15) is 0 Å². The van der Waals surface area contributed by atoms with Gasteiger partial charge in [0.05, 0.1) is 17.9 Å². The van der Waals surface area contributed by atoms with Crippen LogP contribution in [-0.4, -0.2) is 17.9 Å². The van der Waals surface area contributed by atoms with Crippen molar-refractivity contribution in [3.05, 3.63) is 71.3 Å². The average molecular weight is 305 g/mol. The van der Waals surface area contributed by atoms with Crippen LogP contribution in [-0.2, 0) is 6.42 Å². The number of hydrogen-bond acceptors (Lipinski definition) is 2. The number of hydrogen-bond donors (Lipinski definition) is 0. The molecule has 0 bridgehead atoms. The van der Waals surface area contributed by atoms with Gasteiger partial charge in [-0.2, -0.15) is 0 Å². The normalized spacial score (nSPS) is 17.2. The summed E-state index contributed by atoms with van der Waals surface area (Å²) in [6.07, 6.45) is 5.40. The van der Waals surface area contributed by atoms with E-state index in [1.807, 2.05) is 12.1 Å². The van der Waals surface area contributed by atoms with Crippen LogP contribution in [0.5, 0.6) is 5.75 Å². The van der Waals surface area contributed by atoms with E-state index in [1.54, 1.807) is 0 Å². The molecule has 1 atom stereocenters. The highest BCUT2D eigenvalue weighted by Gasteiger charge is 2.17. The van der Waals surface area contributed by atoms with Gasteiger partial charge in [-0.1, -0.05) is 36.4 Å². The first kappa shape index (κ1) is 15.5. The number of aliphatic imine (C=N–C) groups is 1. The van der Waals surface area contributed by atoms with Crippen molar-refractivity contribution in [1.29, 1.82) is 0 Å². The quantitative estimate of drug-likeness (QED) is 0.785. The Kier molecular flexibility index (Phi) is 4.61. The van der Waals surface area contributed by atoms with Gasteiger partial charge in [0.2, 0.25) is 0 Å². The summed E-state index contributed by atoms with van der Waals surface area (Å²) in [7, 11) is 0. The first-order valence-electron chi connectivity index (χ1n) is 8.22. The van der Waals surface area contributed by atoms with Crippen molar-refractivity contribution in [2.45, 2.75) is 39.3 Å². The zero-order valence-electron chi connectivity index (χ0n) is 14.0. The molecular formula is C21H23NO. The van der Waals surface area contributed by atoms with E-state index >= 15 is 0 Å². The van der Waals surface area contributed by atoms with Gasteiger partial charge in [0, 0.05) is 5.56 Å². The number of ether oxygens (including phenoxy) is 1. The van der Waals surface area contributed by atoms with Crippen LogP contribution in [0, 0.1) is 0 Å². The lowest BCUT2D eigenvalue weighted by molar-refractivity contribution is 0.242. The van der Waals surface area contributed by atoms with Crippen molar-refractivity contribution < 1.29 is 4.74 Å². The second-order valence-corrected chi connectivity index (χ2v) is 6.30. The van der Waals surface area contributed by atoms with Crippen LogP contribution in [0.2, 0.25) is 0 Å². The maximum atomic E-state index is 5.82. The minimum absolute atomic E-state index is 0.195. The molecule has 2 aromatic rings. The predicted molar refractivity (Wildman–Crippen MR) is 97.4 cm³/mol. The first-order valence-corrected chi connectivity index (χ1v) is 8.22. The van der Waals surface area contributed by atoms with Gasteiger partial charge in [0.25, 0.3) is 0 Å². The fraction of sp³-hybridized carbons (Fsp3) is 0.286. The summed E-state index contributed by atoms with van der Waals surface area (Å²) in [5.41, 5.74) is 4.78. The molecule has 0 aliphatic carbocycles. The molecule has 0 radical (unpaired) electrons. The lowest BCUT2D eigenvalue weighted by Gasteiger charge is -2.21. The van der Waals surface area contributed by atoms with Crippen LogP contribution < -0.4 is 4.74 Å². The minimum Gasteiger partial charge on any atom is -0.491 e. The van der Waals surface area contributed by atoms with Crippen molar-refractivity contribution >= 4 is 11.8 Å². The van der Waals surface area contributed by atoms with Gasteiger partial charge in [0.15, 0.2) is 0 Å². The molecule has 0 N–H and O–H groups in total. The fourth-order valence-corrected chi connectivity index (χ4v) is 2.88. The summed E-state index contributed by atoms with van der Waals surface area (Å²) in [5, 5.41) is 0. The third-order valence-electron chi connectivity index (χ3n) is 3.83. The van der Waals surface area contributed by atoms with Crippen LogP contribution in [0.1, 0.15) is 37.5 Å². The monoisotopic (exact) mass is 305 g/mol. The molecule has 2 aromatic carbocycles. The molecule has 0 aromatic heterocycles. The van der Waals surface area contributed by atoms with E-state index in [4.69, 9.17) is 9.73 Å². The number of benzene rings is 2. The lowest BCUT2D eigenvalue weighted by Crippen LogP contribution is -2.18. The molecule has 1 unspecified atom stereocenters. The number of nitrogens with zero attached hydrogens (tertiary/aromatic N) is 1. The minimum atomic E-state index is 0.195. The van der Waals surface area contributed by atoms with E-state index in [0.29, 0.717) is 6.04 Å². The highest BCUT2D eigenvalue weighted by molar-refractivity contribution is 6.12. The smallest absolute Gasteiger partial charge is 0.120 e. The van der Waals surface area contributed by atoms with Crippen LogP contribution in [0.4, 0.5) is 0 Å². The van der Waals surface area contributed by atoms with Gasteiger partial charge in [-0.25, -0.2) is 0 Å². The molecule has 23 heavy (non-hydrogen) atoms. The van der Waals surface area contributed by atoms with Crippen molar-refractivity contribution in [3.8, 4) is 5.75 Å². The van der Waals surface area contributed by atoms with Crippen molar-refractivity contribution in [2.75, 3.05) is 0 Å². The summed E-state index contributed by atoms with van der Waals surface area (Å²) in [5.74, 6) is 0.944. The SMILES string of the molecule is CC1Cc2cc(OC(C)C)ccc2C(C=Cc2ccccc2)=N1. The molecule has 2 nitrogen and oxygen atoms in total. The Bertz CT molecular complexity index is 729. The van der Waals surface area contributed by atoms with E-state index in [1.165, 1.54) is 16.7 Å². The van der Waals surface area contributed by atoms with Crippen molar-refractivity contribution in [3.63, 3.8) is 0 Å². The lowest BCUT2D eigenvalue weighted by atomic mass is 9.93. The van der Waals surface area contributed by atoms with Gasteiger partial charge in [-0.05, 0) is 62.6 Å². The molecule has 1 aliphatic rings. The summed E-state index contributed by atoms with van der Waals surface area (Å²) >= 11 is 0. The molecule has 3 rings (SSSR count). The average Bonchev–Trinajstić information content (AvgIpc) is 2.52. The molecule has 0 amide bonds. The Morgan fingerprint density at radius 2 is 1.87 bits per heavy atom. The Hall–Kier alpha value is -2.35. The van der Waals surface area contributed by atoms with E-state index < -0.39 is 0 Å². The maximum absolute atomic E-state index is 5.82. The zero-order valence-corrected chi connectivity index (χ0v) is 14.0. The van der Waals surface area contributed by atoms with Gasteiger partial charge in [0.1, 0.15) is 5.75 Å². The Morgan fingerprint density at radius 1 is 1.09 bits per heavy atom. The van der Waals surface area contributed by atoms with E-state index in [-0.39, 0.29) is 6.10 Å². The summed E-state index contributed by atoms with van der Waals surface area (Å²) in [6, 6.07) is 17.0. The standard InChI is InChI=1S/C21H23NO/c1-15(2)23-19-10-11-20-18(14-19)13-16(3)22-21(20)12-9-17-7-5-4-6-8-17/h4-12,14-16H,13H2,1-3H3. The number of fused-ring (bicyclic) bond motifs is 1. The second-order valence-electron chi connectivity index (χ2n) is 6.30. The van der Waals surface area contributed by atoms with Crippen molar-refractivity contribution in [1.82, 2.24) is 0 Å². The molecule has 2 heteroatoms. The molecule has 0 fully saturated rings. The zero-order chi connectivity index (χ0) is 16.2. The third kappa shape index (κ3) is 3.89.